The summed E-state index contributed by atoms with van der Waals surface area (Å²) in [5.74, 6) is -0.396. The number of nitro groups is 1. The van der Waals surface area contributed by atoms with E-state index in [1.807, 2.05) is 0 Å². The van der Waals surface area contributed by atoms with Crippen molar-refractivity contribution in [1.82, 2.24) is 0 Å². The fourth-order valence-corrected chi connectivity index (χ4v) is 2.53. The molecule has 0 amide bonds. The van der Waals surface area contributed by atoms with Crippen molar-refractivity contribution in [3.05, 3.63) is 52.1 Å². The summed E-state index contributed by atoms with van der Waals surface area (Å²) in [4.78, 5) is 22.3. The molecule has 0 saturated heterocycles. The zero-order valence-corrected chi connectivity index (χ0v) is 12.6. The maximum absolute atomic E-state index is 12.1. The quantitative estimate of drug-likeness (QED) is 0.359. The first-order valence-electron chi connectivity index (χ1n) is 7.77. The smallest absolute Gasteiger partial charge is 0.338 e. The highest BCUT2D eigenvalue weighted by atomic mass is 16.6. The van der Waals surface area contributed by atoms with Gasteiger partial charge in [-0.2, -0.15) is 0 Å². The molecule has 0 saturated carbocycles. The van der Waals surface area contributed by atoms with Gasteiger partial charge in [0.25, 0.3) is 5.69 Å². The molecule has 5 nitrogen and oxygen atoms in total. The minimum absolute atomic E-state index is 0.0259. The number of rotatable bonds is 3. The third-order valence-electron chi connectivity index (χ3n) is 3.80. The molecule has 1 atom stereocenters. The summed E-state index contributed by atoms with van der Waals surface area (Å²) in [7, 11) is 0. The van der Waals surface area contributed by atoms with Crippen LogP contribution in [0.4, 0.5) is 5.69 Å². The van der Waals surface area contributed by atoms with E-state index in [-0.39, 0.29) is 11.8 Å². The van der Waals surface area contributed by atoms with Gasteiger partial charge in [0.2, 0.25) is 0 Å². The molecule has 1 aliphatic carbocycles. The molecular weight excluding hydrogens is 282 g/mol. The minimum atomic E-state index is -0.482. The van der Waals surface area contributed by atoms with Gasteiger partial charge in [-0.1, -0.05) is 12.2 Å². The number of benzene rings is 1. The maximum atomic E-state index is 12.1. The number of non-ortho nitro benzene ring substituents is 1. The first-order chi connectivity index (χ1) is 10.7. The first kappa shape index (κ1) is 16.2. The Kier molecular flexibility index (Phi) is 6.13. The van der Waals surface area contributed by atoms with Crippen LogP contribution in [0.2, 0.25) is 0 Å². The summed E-state index contributed by atoms with van der Waals surface area (Å²) in [5, 5.41) is 10.6. The highest BCUT2D eigenvalue weighted by Crippen LogP contribution is 2.19. The Morgan fingerprint density at radius 2 is 1.68 bits per heavy atom. The van der Waals surface area contributed by atoms with Crippen molar-refractivity contribution in [3.8, 4) is 0 Å². The van der Waals surface area contributed by atoms with Crippen molar-refractivity contribution in [2.24, 2.45) is 0 Å². The van der Waals surface area contributed by atoms with Crippen molar-refractivity contribution in [1.29, 1.82) is 0 Å². The van der Waals surface area contributed by atoms with Crippen molar-refractivity contribution in [2.75, 3.05) is 0 Å². The fourth-order valence-electron chi connectivity index (χ4n) is 2.53. The van der Waals surface area contributed by atoms with Gasteiger partial charge in [-0.05, 0) is 57.1 Å². The number of carbonyl (C=O) groups is 1. The van der Waals surface area contributed by atoms with Gasteiger partial charge in [0, 0.05) is 12.1 Å². The van der Waals surface area contributed by atoms with Crippen LogP contribution in [0, 0.1) is 10.1 Å². The average molecular weight is 303 g/mol. The van der Waals surface area contributed by atoms with Crippen LogP contribution in [0.1, 0.15) is 55.3 Å². The van der Waals surface area contributed by atoms with Gasteiger partial charge in [-0.3, -0.25) is 10.1 Å². The molecule has 22 heavy (non-hydrogen) atoms. The Balaban J connectivity index is 1.93. The van der Waals surface area contributed by atoms with Gasteiger partial charge in [0.05, 0.1) is 10.5 Å². The minimum Gasteiger partial charge on any atom is -0.459 e. The van der Waals surface area contributed by atoms with E-state index in [0.717, 1.165) is 44.9 Å². The highest BCUT2D eigenvalue weighted by Gasteiger charge is 2.17. The Hall–Kier alpha value is -2.17. The van der Waals surface area contributed by atoms with Crippen molar-refractivity contribution >= 4 is 11.7 Å². The largest absolute Gasteiger partial charge is 0.459 e. The molecule has 1 aromatic carbocycles. The molecule has 0 fully saturated rings. The van der Waals surface area contributed by atoms with Crippen molar-refractivity contribution < 1.29 is 14.5 Å². The predicted octanol–water partition coefficient (Wildman–Crippen LogP) is 4.42. The van der Waals surface area contributed by atoms with Gasteiger partial charge in [-0.25, -0.2) is 4.79 Å². The Morgan fingerprint density at radius 1 is 1.05 bits per heavy atom. The third-order valence-corrected chi connectivity index (χ3v) is 3.80. The van der Waals surface area contributed by atoms with Gasteiger partial charge < -0.3 is 4.74 Å². The molecule has 0 unspecified atom stereocenters. The van der Waals surface area contributed by atoms with Crippen LogP contribution in [-0.2, 0) is 4.74 Å². The number of ether oxygens (including phenoxy) is 1. The normalized spacial score (nSPS) is 20.8. The highest BCUT2D eigenvalue weighted by molar-refractivity contribution is 5.89. The lowest BCUT2D eigenvalue weighted by Gasteiger charge is -2.18. The average Bonchev–Trinajstić information content (AvgIpc) is 2.53. The second-order valence-electron chi connectivity index (χ2n) is 5.52. The second kappa shape index (κ2) is 8.32. The summed E-state index contributed by atoms with van der Waals surface area (Å²) in [6.45, 7) is 0. The molecular formula is C17H21NO4. The van der Waals surface area contributed by atoms with E-state index in [4.69, 9.17) is 4.74 Å². The summed E-state index contributed by atoms with van der Waals surface area (Å²) in [5.41, 5.74) is 0.338. The molecule has 1 aliphatic rings. The van der Waals surface area contributed by atoms with Crippen LogP contribution in [0.25, 0.3) is 0 Å². The first-order valence-corrected chi connectivity index (χ1v) is 7.77. The van der Waals surface area contributed by atoms with Gasteiger partial charge in [-0.15, -0.1) is 0 Å². The van der Waals surface area contributed by atoms with Crippen molar-refractivity contribution in [3.63, 3.8) is 0 Å². The number of esters is 1. The lowest BCUT2D eigenvalue weighted by atomic mass is 10.0. The van der Waals surface area contributed by atoms with Crippen LogP contribution in [-0.4, -0.2) is 17.0 Å². The zero-order valence-electron chi connectivity index (χ0n) is 12.6. The van der Waals surface area contributed by atoms with Gasteiger partial charge >= 0.3 is 5.97 Å². The van der Waals surface area contributed by atoms with E-state index in [1.54, 1.807) is 0 Å². The molecule has 0 bridgehead atoms. The second-order valence-corrected chi connectivity index (χ2v) is 5.52. The SMILES string of the molecule is O=C(O[C@H]1CCC/C=C\CCCC1)c1ccc([N+](=O)[O-])cc1. The summed E-state index contributed by atoms with van der Waals surface area (Å²) in [6.07, 6.45) is 11.4. The lowest BCUT2D eigenvalue weighted by Crippen LogP contribution is -2.18. The zero-order chi connectivity index (χ0) is 15.8. The van der Waals surface area contributed by atoms with E-state index >= 15 is 0 Å². The number of nitrogens with zero attached hydrogens (tertiary/aromatic N) is 1. The molecule has 2 rings (SSSR count). The Morgan fingerprint density at radius 3 is 2.36 bits per heavy atom. The topological polar surface area (TPSA) is 69.4 Å². The maximum Gasteiger partial charge on any atom is 0.338 e. The lowest BCUT2D eigenvalue weighted by molar-refractivity contribution is -0.384. The molecule has 0 heterocycles. The molecule has 118 valence electrons. The van der Waals surface area contributed by atoms with E-state index < -0.39 is 10.9 Å². The number of carbonyl (C=O) groups excluding carboxylic acids is 1. The van der Waals surface area contributed by atoms with E-state index in [2.05, 4.69) is 12.2 Å². The molecule has 0 radical (unpaired) electrons. The van der Waals surface area contributed by atoms with Gasteiger partial charge in [0.1, 0.15) is 6.10 Å². The number of allylic oxidation sites excluding steroid dienone is 2. The summed E-state index contributed by atoms with van der Waals surface area (Å²) < 4.78 is 5.58. The third kappa shape index (κ3) is 4.98. The van der Waals surface area contributed by atoms with E-state index in [0.29, 0.717) is 5.56 Å². The van der Waals surface area contributed by atoms with Gasteiger partial charge in [0.15, 0.2) is 0 Å². The van der Waals surface area contributed by atoms with Crippen LogP contribution in [0.15, 0.2) is 36.4 Å². The predicted molar refractivity (Wildman–Crippen MR) is 83.8 cm³/mol. The molecule has 0 spiro atoms. The summed E-state index contributed by atoms with van der Waals surface area (Å²) in [6, 6.07) is 5.55. The van der Waals surface area contributed by atoms with Crippen LogP contribution >= 0.6 is 0 Å². The van der Waals surface area contributed by atoms with Crippen molar-refractivity contribution in [2.45, 2.75) is 51.0 Å². The molecule has 0 aromatic heterocycles. The molecule has 5 heteroatoms. The number of hydrogen-bond donors (Lipinski definition) is 0. The fraction of sp³-hybridized carbons (Fsp3) is 0.471. The molecule has 0 aliphatic heterocycles. The van der Waals surface area contributed by atoms with E-state index in [9.17, 15) is 14.9 Å². The Labute approximate surface area is 130 Å². The van der Waals surface area contributed by atoms with Crippen LogP contribution in [0.3, 0.4) is 0 Å². The Bertz CT molecular complexity index is 536. The van der Waals surface area contributed by atoms with Crippen LogP contribution < -0.4 is 0 Å². The number of hydrogen-bond acceptors (Lipinski definition) is 4. The monoisotopic (exact) mass is 303 g/mol. The van der Waals surface area contributed by atoms with E-state index in [1.165, 1.54) is 24.3 Å². The standard InChI is InChI=1S/C17H21NO4/c19-17(14-10-12-15(13-11-14)18(20)21)22-16-8-6-4-2-1-3-5-7-9-16/h1-2,10-13,16H,3-9H2/b2-1-/t16-/m0/s1. The summed E-state index contributed by atoms with van der Waals surface area (Å²) >= 11 is 0. The molecule has 1 aromatic rings. The molecule has 0 N–H and O–H groups in total. The number of nitro benzene ring substituents is 1. The van der Waals surface area contributed by atoms with Crippen LogP contribution in [0.5, 0.6) is 0 Å².